The molecule has 0 aliphatic rings. The van der Waals surface area contributed by atoms with Gasteiger partial charge < -0.3 is 5.73 Å². The Kier molecular flexibility index (Phi) is 2.48. The molecular formula is C14H14N4. The number of anilines is 1. The van der Waals surface area contributed by atoms with Crippen molar-refractivity contribution >= 4 is 17.1 Å². The molecule has 0 amide bonds. The molecule has 0 radical (unpaired) electrons. The summed E-state index contributed by atoms with van der Waals surface area (Å²) < 4.78 is 1.94. The van der Waals surface area contributed by atoms with Gasteiger partial charge >= 0.3 is 0 Å². The van der Waals surface area contributed by atoms with E-state index in [4.69, 9.17) is 5.73 Å². The van der Waals surface area contributed by atoms with Crippen molar-refractivity contribution in [3.8, 4) is 0 Å². The third kappa shape index (κ3) is 1.72. The van der Waals surface area contributed by atoms with Gasteiger partial charge in [-0.2, -0.15) is 0 Å². The molecule has 2 aromatic heterocycles. The Labute approximate surface area is 105 Å². The highest BCUT2D eigenvalue weighted by Crippen LogP contribution is 2.19. The second-order valence-corrected chi connectivity index (χ2v) is 4.34. The Hall–Kier alpha value is -2.36. The second kappa shape index (κ2) is 4.14. The minimum absolute atomic E-state index is 0.510. The molecule has 0 aliphatic carbocycles. The average Bonchev–Trinajstić information content (AvgIpc) is 2.70. The normalized spacial score (nSPS) is 10.9. The third-order valence-corrected chi connectivity index (χ3v) is 3.05. The van der Waals surface area contributed by atoms with Gasteiger partial charge in [0, 0.05) is 6.20 Å². The van der Waals surface area contributed by atoms with E-state index >= 15 is 0 Å². The quantitative estimate of drug-likeness (QED) is 0.745. The summed E-state index contributed by atoms with van der Waals surface area (Å²) in [5.74, 6) is 0.510. The van der Waals surface area contributed by atoms with Gasteiger partial charge in [-0.05, 0) is 24.1 Å². The number of pyridine rings is 1. The third-order valence-electron chi connectivity index (χ3n) is 3.05. The van der Waals surface area contributed by atoms with E-state index in [2.05, 4.69) is 22.1 Å². The van der Waals surface area contributed by atoms with Crippen molar-refractivity contribution in [2.75, 3.05) is 5.73 Å². The summed E-state index contributed by atoms with van der Waals surface area (Å²) in [4.78, 5) is 8.77. The maximum absolute atomic E-state index is 5.98. The predicted molar refractivity (Wildman–Crippen MR) is 72.2 cm³/mol. The number of nitrogens with two attached hydrogens (primary N) is 1. The Bertz CT molecular complexity index is 686. The highest BCUT2D eigenvalue weighted by Gasteiger charge is 2.10. The highest BCUT2D eigenvalue weighted by atomic mass is 15.2. The van der Waals surface area contributed by atoms with Crippen LogP contribution in [0, 0.1) is 6.92 Å². The molecule has 0 fully saturated rings. The zero-order valence-electron chi connectivity index (χ0n) is 10.2. The Balaban J connectivity index is 2.12. The van der Waals surface area contributed by atoms with E-state index in [1.807, 2.05) is 35.8 Å². The molecule has 0 saturated heterocycles. The van der Waals surface area contributed by atoms with E-state index < -0.39 is 0 Å². The number of hydrogen-bond donors (Lipinski definition) is 1. The lowest BCUT2D eigenvalue weighted by atomic mass is 10.2. The van der Waals surface area contributed by atoms with Gasteiger partial charge in [0.2, 0.25) is 5.95 Å². The van der Waals surface area contributed by atoms with Crippen molar-refractivity contribution in [2.45, 2.75) is 13.5 Å². The topological polar surface area (TPSA) is 56.7 Å². The molecular weight excluding hydrogens is 224 g/mol. The number of hydrogen-bond acceptors (Lipinski definition) is 3. The Morgan fingerprint density at radius 3 is 2.72 bits per heavy atom. The standard InChI is InChI=1S/C14H14N4/c1-10-7-8-16-13-12(10)17-14(15)18(13)9-11-5-3-2-4-6-11/h2-8H,9H2,1H3,(H2,15,17). The number of benzene rings is 1. The first kappa shape index (κ1) is 10.8. The van der Waals surface area contributed by atoms with Crippen molar-refractivity contribution in [1.82, 2.24) is 14.5 Å². The summed E-state index contributed by atoms with van der Waals surface area (Å²) in [6, 6.07) is 12.1. The van der Waals surface area contributed by atoms with Crippen molar-refractivity contribution in [3.63, 3.8) is 0 Å². The van der Waals surface area contributed by atoms with Gasteiger partial charge in [-0.1, -0.05) is 30.3 Å². The second-order valence-electron chi connectivity index (χ2n) is 4.34. The van der Waals surface area contributed by atoms with Gasteiger partial charge in [0.05, 0.1) is 6.54 Å². The Morgan fingerprint density at radius 2 is 1.94 bits per heavy atom. The molecule has 3 aromatic rings. The molecule has 2 heterocycles. The molecule has 3 rings (SSSR count). The van der Waals surface area contributed by atoms with Gasteiger partial charge in [-0.3, -0.25) is 4.57 Å². The van der Waals surface area contributed by atoms with Crippen LogP contribution in [0.5, 0.6) is 0 Å². The van der Waals surface area contributed by atoms with Gasteiger partial charge in [0.15, 0.2) is 5.65 Å². The van der Waals surface area contributed by atoms with Crippen molar-refractivity contribution in [3.05, 3.63) is 53.7 Å². The lowest BCUT2D eigenvalue weighted by Gasteiger charge is -2.05. The fraction of sp³-hybridized carbons (Fsp3) is 0.143. The molecule has 0 atom stereocenters. The first-order valence-electron chi connectivity index (χ1n) is 5.87. The molecule has 4 nitrogen and oxygen atoms in total. The summed E-state index contributed by atoms with van der Waals surface area (Å²) in [7, 11) is 0. The van der Waals surface area contributed by atoms with E-state index in [1.165, 1.54) is 5.56 Å². The molecule has 0 saturated carbocycles. The van der Waals surface area contributed by atoms with Crippen molar-refractivity contribution in [1.29, 1.82) is 0 Å². The van der Waals surface area contributed by atoms with Crippen LogP contribution in [0.4, 0.5) is 5.95 Å². The van der Waals surface area contributed by atoms with Crippen LogP contribution in [0.3, 0.4) is 0 Å². The molecule has 0 bridgehead atoms. The SMILES string of the molecule is Cc1ccnc2c1nc(N)n2Cc1ccccc1. The molecule has 90 valence electrons. The largest absolute Gasteiger partial charge is 0.369 e. The van der Waals surface area contributed by atoms with E-state index in [0.717, 1.165) is 16.7 Å². The minimum Gasteiger partial charge on any atom is -0.369 e. The lowest BCUT2D eigenvalue weighted by molar-refractivity contribution is 0.828. The first-order valence-corrected chi connectivity index (χ1v) is 5.87. The lowest BCUT2D eigenvalue weighted by Crippen LogP contribution is -2.05. The number of nitrogens with zero attached hydrogens (tertiary/aromatic N) is 3. The molecule has 4 heteroatoms. The van der Waals surface area contributed by atoms with E-state index in [1.54, 1.807) is 6.20 Å². The minimum atomic E-state index is 0.510. The summed E-state index contributed by atoms with van der Waals surface area (Å²) in [5, 5.41) is 0. The van der Waals surface area contributed by atoms with E-state index in [-0.39, 0.29) is 0 Å². The molecule has 2 N–H and O–H groups in total. The van der Waals surface area contributed by atoms with Crippen LogP contribution in [0.15, 0.2) is 42.6 Å². The Morgan fingerprint density at radius 1 is 1.17 bits per heavy atom. The average molecular weight is 238 g/mol. The number of rotatable bonds is 2. The van der Waals surface area contributed by atoms with Crippen LogP contribution in [0.1, 0.15) is 11.1 Å². The number of imidazole rings is 1. The van der Waals surface area contributed by atoms with Gasteiger partial charge in [-0.25, -0.2) is 9.97 Å². The van der Waals surface area contributed by atoms with Crippen LogP contribution in [0.25, 0.3) is 11.2 Å². The molecule has 0 spiro atoms. The molecule has 0 unspecified atom stereocenters. The van der Waals surface area contributed by atoms with Crippen LogP contribution in [-0.2, 0) is 6.54 Å². The zero-order valence-corrected chi connectivity index (χ0v) is 10.2. The van der Waals surface area contributed by atoms with Gasteiger partial charge in [-0.15, -0.1) is 0 Å². The molecule has 18 heavy (non-hydrogen) atoms. The van der Waals surface area contributed by atoms with Crippen LogP contribution in [-0.4, -0.2) is 14.5 Å². The zero-order chi connectivity index (χ0) is 12.5. The number of aryl methyl sites for hydroxylation is 1. The summed E-state index contributed by atoms with van der Waals surface area (Å²) in [6.45, 7) is 2.71. The van der Waals surface area contributed by atoms with Crippen LogP contribution < -0.4 is 5.73 Å². The van der Waals surface area contributed by atoms with E-state index in [9.17, 15) is 0 Å². The van der Waals surface area contributed by atoms with Crippen molar-refractivity contribution in [2.24, 2.45) is 0 Å². The number of aromatic nitrogens is 3. The van der Waals surface area contributed by atoms with E-state index in [0.29, 0.717) is 12.5 Å². The first-order chi connectivity index (χ1) is 8.75. The summed E-state index contributed by atoms with van der Waals surface area (Å²) >= 11 is 0. The summed E-state index contributed by atoms with van der Waals surface area (Å²) in [6.07, 6.45) is 1.79. The van der Waals surface area contributed by atoms with Crippen LogP contribution >= 0.6 is 0 Å². The maximum atomic E-state index is 5.98. The number of fused-ring (bicyclic) bond motifs is 1. The van der Waals surface area contributed by atoms with Gasteiger partial charge in [0.1, 0.15) is 5.52 Å². The molecule has 1 aromatic carbocycles. The fourth-order valence-electron chi connectivity index (χ4n) is 2.08. The monoisotopic (exact) mass is 238 g/mol. The maximum Gasteiger partial charge on any atom is 0.202 e. The summed E-state index contributed by atoms with van der Waals surface area (Å²) in [5.41, 5.74) is 9.99. The van der Waals surface area contributed by atoms with Gasteiger partial charge in [0.25, 0.3) is 0 Å². The highest BCUT2D eigenvalue weighted by molar-refractivity contribution is 5.77. The fourth-order valence-corrected chi connectivity index (χ4v) is 2.08. The molecule has 0 aliphatic heterocycles. The van der Waals surface area contributed by atoms with Crippen molar-refractivity contribution < 1.29 is 0 Å². The number of nitrogen functional groups attached to an aromatic ring is 1. The predicted octanol–water partition coefficient (Wildman–Crippen LogP) is 2.37. The smallest absolute Gasteiger partial charge is 0.202 e. The van der Waals surface area contributed by atoms with Crippen LogP contribution in [0.2, 0.25) is 0 Å².